The molecule has 0 bridgehead atoms. The number of fused-ring (bicyclic) bond motifs is 1. The van der Waals surface area contributed by atoms with Crippen molar-refractivity contribution in [3.05, 3.63) is 22.4 Å². The molecule has 1 saturated heterocycles. The number of likely N-dealkylation sites (tertiary alicyclic amines) is 1. The van der Waals surface area contributed by atoms with Crippen LogP contribution in [0.1, 0.15) is 37.2 Å². The first kappa shape index (κ1) is 13.8. The number of carbonyl (C=O) groups is 1. The SMILES string of the molecule is O=C(C1[C@H]2CCCC[C@@H]12)N1C[C@@H](CO)[C@H](c2ccsc2)C1. The van der Waals surface area contributed by atoms with E-state index in [9.17, 15) is 9.90 Å². The summed E-state index contributed by atoms with van der Waals surface area (Å²) in [6, 6.07) is 2.14. The number of aliphatic hydroxyl groups is 1. The van der Waals surface area contributed by atoms with Crippen molar-refractivity contribution in [2.24, 2.45) is 23.7 Å². The molecule has 3 fully saturated rings. The fourth-order valence-electron chi connectivity index (χ4n) is 4.67. The second-order valence-corrected chi connectivity index (χ2v) is 7.77. The summed E-state index contributed by atoms with van der Waals surface area (Å²) in [4.78, 5) is 14.8. The van der Waals surface area contributed by atoms with Crippen molar-refractivity contribution < 1.29 is 9.90 Å². The highest BCUT2D eigenvalue weighted by Gasteiger charge is 2.56. The lowest BCUT2D eigenvalue weighted by atomic mass is 9.92. The van der Waals surface area contributed by atoms with Gasteiger partial charge in [-0.1, -0.05) is 12.8 Å². The number of aliphatic hydroxyl groups excluding tert-OH is 1. The Morgan fingerprint density at radius 2 is 2.05 bits per heavy atom. The number of thiophene rings is 1. The van der Waals surface area contributed by atoms with Gasteiger partial charge < -0.3 is 10.0 Å². The third-order valence-corrected chi connectivity index (χ3v) is 6.60. The summed E-state index contributed by atoms with van der Waals surface area (Å²) < 4.78 is 0. The molecule has 1 aliphatic heterocycles. The standard InChI is InChI=1S/C17H23NO2S/c19-9-12-7-18(8-15(12)11-5-6-21-10-11)17(20)16-13-3-1-2-4-14(13)16/h5-6,10,12-16,19H,1-4,7-9H2/t12-,13-,14+,15-,16?/m0/s1. The molecular formula is C17H23NO2S. The molecule has 1 aromatic rings. The highest BCUT2D eigenvalue weighted by atomic mass is 32.1. The smallest absolute Gasteiger partial charge is 0.226 e. The van der Waals surface area contributed by atoms with Crippen LogP contribution < -0.4 is 0 Å². The first-order valence-electron chi connectivity index (χ1n) is 8.21. The molecule has 1 unspecified atom stereocenters. The maximum atomic E-state index is 12.8. The van der Waals surface area contributed by atoms with E-state index in [-0.39, 0.29) is 12.5 Å². The Morgan fingerprint density at radius 3 is 2.67 bits per heavy atom. The molecule has 3 aliphatic rings. The lowest BCUT2D eigenvalue weighted by Crippen LogP contribution is -2.31. The van der Waals surface area contributed by atoms with Gasteiger partial charge in [-0.3, -0.25) is 4.79 Å². The van der Waals surface area contributed by atoms with E-state index in [1.807, 2.05) is 4.90 Å². The molecule has 2 heterocycles. The number of rotatable bonds is 3. The Labute approximate surface area is 130 Å². The van der Waals surface area contributed by atoms with Crippen LogP contribution in [0.5, 0.6) is 0 Å². The number of carbonyl (C=O) groups excluding carboxylic acids is 1. The van der Waals surface area contributed by atoms with E-state index in [4.69, 9.17) is 0 Å². The molecule has 114 valence electrons. The zero-order valence-electron chi connectivity index (χ0n) is 12.3. The molecule has 2 saturated carbocycles. The molecule has 1 aromatic heterocycles. The third-order valence-electron chi connectivity index (χ3n) is 5.90. The summed E-state index contributed by atoms with van der Waals surface area (Å²) >= 11 is 1.70. The largest absolute Gasteiger partial charge is 0.396 e. The van der Waals surface area contributed by atoms with Gasteiger partial charge in [0, 0.05) is 37.5 Å². The predicted molar refractivity (Wildman–Crippen MR) is 83.2 cm³/mol. The Bertz CT molecular complexity index is 503. The van der Waals surface area contributed by atoms with E-state index in [1.54, 1.807) is 11.3 Å². The molecule has 5 atom stereocenters. The van der Waals surface area contributed by atoms with Crippen LogP contribution in [0, 0.1) is 23.7 Å². The van der Waals surface area contributed by atoms with Crippen molar-refractivity contribution in [3.8, 4) is 0 Å². The van der Waals surface area contributed by atoms with Gasteiger partial charge in [0.1, 0.15) is 0 Å². The molecule has 0 spiro atoms. The highest BCUT2D eigenvalue weighted by molar-refractivity contribution is 7.08. The fourth-order valence-corrected chi connectivity index (χ4v) is 5.39. The second kappa shape index (κ2) is 5.40. The first-order chi connectivity index (χ1) is 10.3. The van der Waals surface area contributed by atoms with Gasteiger partial charge in [0.05, 0.1) is 0 Å². The summed E-state index contributed by atoms with van der Waals surface area (Å²) in [6.07, 6.45) is 5.13. The quantitative estimate of drug-likeness (QED) is 0.933. The zero-order chi connectivity index (χ0) is 14.4. The molecule has 1 amide bonds. The van der Waals surface area contributed by atoms with Crippen molar-refractivity contribution in [2.45, 2.75) is 31.6 Å². The Hall–Kier alpha value is -0.870. The van der Waals surface area contributed by atoms with E-state index < -0.39 is 0 Å². The van der Waals surface area contributed by atoms with Gasteiger partial charge >= 0.3 is 0 Å². The van der Waals surface area contributed by atoms with Gasteiger partial charge in [-0.15, -0.1) is 0 Å². The van der Waals surface area contributed by atoms with Crippen LogP contribution in [0.4, 0.5) is 0 Å². The Balaban J connectivity index is 1.46. The average molecular weight is 305 g/mol. The van der Waals surface area contributed by atoms with Crippen LogP contribution in [-0.2, 0) is 4.79 Å². The molecule has 3 nitrogen and oxygen atoms in total. The normalized spacial score (nSPS) is 38.3. The molecule has 21 heavy (non-hydrogen) atoms. The van der Waals surface area contributed by atoms with E-state index >= 15 is 0 Å². The van der Waals surface area contributed by atoms with Crippen molar-refractivity contribution in [1.29, 1.82) is 0 Å². The summed E-state index contributed by atoms with van der Waals surface area (Å²) in [7, 11) is 0. The van der Waals surface area contributed by atoms with E-state index in [2.05, 4.69) is 16.8 Å². The van der Waals surface area contributed by atoms with Gasteiger partial charge in [-0.05, 0) is 47.1 Å². The van der Waals surface area contributed by atoms with Crippen LogP contribution in [0.15, 0.2) is 16.8 Å². The molecule has 4 rings (SSSR count). The van der Waals surface area contributed by atoms with Gasteiger partial charge in [0.2, 0.25) is 5.91 Å². The number of hydrogen-bond donors (Lipinski definition) is 1. The van der Waals surface area contributed by atoms with Crippen LogP contribution in [0.3, 0.4) is 0 Å². The van der Waals surface area contributed by atoms with E-state index in [0.717, 1.165) is 13.1 Å². The van der Waals surface area contributed by atoms with Gasteiger partial charge in [-0.2, -0.15) is 11.3 Å². The number of nitrogens with zero attached hydrogens (tertiary/aromatic N) is 1. The monoisotopic (exact) mass is 305 g/mol. The lowest BCUT2D eigenvalue weighted by molar-refractivity contribution is -0.132. The Kier molecular flexibility index (Phi) is 3.54. The maximum Gasteiger partial charge on any atom is 0.226 e. The second-order valence-electron chi connectivity index (χ2n) is 6.99. The van der Waals surface area contributed by atoms with Gasteiger partial charge in [0.25, 0.3) is 0 Å². The number of hydrogen-bond acceptors (Lipinski definition) is 3. The topological polar surface area (TPSA) is 40.5 Å². The fraction of sp³-hybridized carbons (Fsp3) is 0.706. The minimum absolute atomic E-state index is 0.182. The third kappa shape index (κ3) is 2.33. The average Bonchev–Trinajstić information content (AvgIpc) is 2.89. The summed E-state index contributed by atoms with van der Waals surface area (Å²) in [5, 5.41) is 13.9. The minimum atomic E-state index is 0.182. The maximum absolute atomic E-state index is 12.8. The van der Waals surface area contributed by atoms with Crippen LogP contribution in [0.25, 0.3) is 0 Å². The molecule has 4 heteroatoms. The van der Waals surface area contributed by atoms with E-state index in [1.165, 1.54) is 31.2 Å². The highest BCUT2D eigenvalue weighted by Crippen LogP contribution is 2.56. The molecule has 1 N–H and O–H groups in total. The number of amides is 1. The summed E-state index contributed by atoms with van der Waals surface area (Å²) in [5.74, 6) is 2.59. The Morgan fingerprint density at radius 1 is 1.29 bits per heavy atom. The summed E-state index contributed by atoms with van der Waals surface area (Å²) in [5.41, 5.74) is 1.29. The van der Waals surface area contributed by atoms with Crippen molar-refractivity contribution in [2.75, 3.05) is 19.7 Å². The molecule has 2 aliphatic carbocycles. The van der Waals surface area contributed by atoms with Crippen LogP contribution in [-0.4, -0.2) is 35.6 Å². The van der Waals surface area contributed by atoms with Crippen molar-refractivity contribution in [3.63, 3.8) is 0 Å². The van der Waals surface area contributed by atoms with Gasteiger partial charge in [-0.25, -0.2) is 0 Å². The molecular weight excluding hydrogens is 282 g/mol. The van der Waals surface area contributed by atoms with E-state index in [0.29, 0.717) is 29.6 Å². The van der Waals surface area contributed by atoms with Gasteiger partial charge in [0.15, 0.2) is 0 Å². The predicted octanol–water partition coefficient (Wildman–Crippen LogP) is 2.72. The summed E-state index contributed by atoms with van der Waals surface area (Å²) in [6.45, 7) is 1.73. The van der Waals surface area contributed by atoms with Crippen LogP contribution >= 0.6 is 11.3 Å². The first-order valence-corrected chi connectivity index (χ1v) is 9.15. The molecule has 0 radical (unpaired) electrons. The molecule has 0 aromatic carbocycles. The van der Waals surface area contributed by atoms with Crippen molar-refractivity contribution >= 4 is 17.2 Å². The van der Waals surface area contributed by atoms with Crippen LogP contribution in [0.2, 0.25) is 0 Å². The zero-order valence-corrected chi connectivity index (χ0v) is 13.1. The minimum Gasteiger partial charge on any atom is -0.396 e. The lowest BCUT2D eigenvalue weighted by Gasteiger charge is -2.16. The van der Waals surface area contributed by atoms with Crippen molar-refractivity contribution in [1.82, 2.24) is 4.90 Å².